The van der Waals surface area contributed by atoms with E-state index in [1.807, 2.05) is 36.7 Å². The largest absolute Gasteiger partial charge is 0.348 e. The number of aromatic nitrogens is 2. The van der Waals surface area contributed by atoms with Crippen molar-refractivity contribution in [2.24, 2.45) is 7.05 Å². The zero-order chi connectivity index (χ0) is 15.0. The van der Waals surface area contributed by atoms with Gasteiger partial charge in [0.2, 0.25) is 0 Å². The van der Waals surface area contributed by atoms with Crippen LogP contribution in [0.3, 0.4) is 0 Å². The van der Waals surface area contributed by atoms with Crippen LogP contribution in [0.4, 0.5) is 0 Å². The molecule has 1 aliphatic heterocycles. The minimum atomic E-state index is 0.000469. The van der Waals surface area contributed by atoms with Gasteiger partial charge in [0.25, 0.3) is 5.91 Å². The number of hydrogen-bond acceptors (Lipinski definition) is 3. The summed E-state index contributed by atoms with van der Waals surface area (Å²) in [5, 5.41) is 3.14. The molecule has 0 spiro atoms. The molecule has 1 aliphatic rings. The third-order valence-corrected chi connectivity index (χ3v) is 4.33. The minimum absolute atomic E-state index is 0.000469. The Hall–Kier alpha value is -1.88. The number of nitrogens with one attached hydrogen (secondary N) is 1. The SMILES string of the molecule is Cc1nc2cc(C(=O)N[C@@H]3CCCN(C)C3)ccc2n1C. The number of aryl methyl sites for hydroxylation is 2. The second kappa shape index (κ2) is 5.48. The van der Waals surface area contributed by atoms with Crippen molar-refractivity contribution in [2.45, 2.75) is 25.8 Å². The molecule has 0 bridgehead atoms. The normalized spacial score (nSPS) is 19.9. The molecule has 0 unspecified atom stereocenters. The van der Waals surface area contributed by atoms with E-state index in [1.165, 1.54) is 0 Å². The highest BCUT2D eigenvalue weighted by Gasteiger charge is 2.20. The third-order valence-electron chi connectivity index (χ3n) is 4.33. The lowest BCUT2D eigenvalue weighted by Gasteiger charge is -2.30. The number of likely N-dealkylation sites (N-methyl/N-ethyl adjacent to an activating group) is 1. The second-order valence-corrected chi connectivity index (χ2v) is 6.00. The number of piperidine rings is 1. The third kappa shape index (κ3) is 2.78. The first-order valence-corrected chi connectivity index (χ1v) is 7.47. The van der Waals surface area contributed by atoms with Gasteiger partial charge in [-0.25, -0.2) is 4.98 Å². The molecular formula is C16H22N4O. The Labute approximate surface area is 125 Å². The Morgan fingerprint density at radius 1 is 1.38 bits per heavy atom. The molecule has 0 radical (unpaired) electrons. The van der Waals surface area contributed by atoms with Crippen molar-refractivity contribution < 1.29 is 4.79 Å². The first-order valence-electron chi connectivity index (χ1n) is 7.47. The predicted molar refractivity (Wildman–Crippen MR) is 83.4 cm³/mol. The molecule has 1 atom stereocenters. The van der Waals surface area contributed by atoms with Gasteiger partial charge in [-0.2, -0.15) is 0 Å². The number of likely N-dealkylation sites (tertiary alicyclic amines) is 1. The van der Waals surface area contributed by atoms with Crippen molar-refractivity contribution in [3.05, 3.63) is 29.6 Å². The van der Waals surface area contributed by atoms with E-state index in [1.54, 1.807) is 0 Å². The van der Waals surface area contributed by atoms with Crippen LogP contribution in [0.2, 0.25) is 0 Å². The standard InChI is InChI=1S/C16H22N4O/c1-11-17-14-9-12(6-7-15(14)20(11)3)16(21)18-13-5-4-8-19(2)10-13/h6-7,9,13H,4-5,8,10H2,1-3H3,(H,18,21)/t13-/m1/s1. The molecule has 1 fully saturated rings. The molecule has 0 saturated carbocycles. The van der Waals surface area contributed by atoms with Crippen molar-refractivity contribution in [1.82, 2.24) is 19.8 Å². The van der Waals surface area contributed by atoms with Gasteiger partial charge in [0.1, 0.15) is 5.82 Å². The van der Waals surface area contributed by atoms with Gasteiger partial charge in [-0.15, -0.1) is 0 Å². The van der Waals surface area contributed by atoms with Crippen LogP contribution in [-0.2, 0) is 7.05 Å². The second-order valence-electron chi connectivity index (χ2n) is 6.00. The molecule has 1 N–H and O–H groups in total. The Kier molecular flexibility index (Phi) is 3.68. The summed E-state index contributed by atoms with van der Waals surface area (Å²) in [6, 6.07) is 5.98. The minimum Gasteiger partial charge on any atom is -0.348 e. The maximum Gasteiger partial charge on any atom is 0.251 e. The molecule has 5 nitrogen and oxygen atoms in total. The van der Waals surface area contributed by atoms with Crippen molar-refractivity contribution in [3.8, 4) is 0 Å². The maximum absolute atomic E-state index is 12.4. The van der Waals surface area contributed by atoms with Gasteiger partial charge in [0.15, 0.2) is 0 Å². The van der Waals surface area contributed by atoms with Gasteiger partial charge in [-0.1, -0.05) is 0 Å². The van der Waals surface area contributed by atoms with Crippen LogP contribution in [0.15, 0.2) is 18.2 Å². The number of benzene rings is 1. The fourth-order valence-corrected chi connectivity index (χ4v) is 3.01. The van der Waals surface area contributed by atoms with Crippen LogP contribution in [0.1, 0.15) is 29.0 Å². The van der Waals surface area contributed by atoms with Crippen LogP contribution in [0, 0.1) is 6.92 Å². The van der Waals surface area contributed by atoms with Gasteiger partial charge in [0, 0.05) is 25.2 Å². The summed E-state index contributed by atoms with van der Waals surface area (Å²) >= 11 is 0. The molecule has 1 aromatic heterocycles. The summed E-state index contributed by atoms with van der Waals surface area (Å²) in [7, 11) is 4.09. The Morgan fingerprint density at radius 2 is 2.19 bits per heavy atom. The highest BCUT2D eigenvalue weighted by molar-refractivity contribution is 5.97. The summed E-state index contributed by atoms with van der Waals surface area (Å²) in [6.07, 6.45) is 2.20. The van der Waals surface area contributed by atoms with E-state index in [-0.39, 0.29) is 11.9 Å². The molecule has 1 aromatic carbocycles. The number of carbonyl (C=O) groups excluding carboxylic acids is 1. The predicted octanol–water partition coefficient (Wildman–Crippen LogP) is 1.71. The summed E-state index contributed by atoms with van der Waals surface area (Å²) in [5.74, 6) is 0.956. The zero-order valence-electron chi connectivity index (χ0n) is 12.9. The number of imidazole rings is 1. The van der Waals surface area contributed by atoms with Gasteiger partial charge < -0.3 is 14.8 Å². The summed E-state index contributed by atoms with van der Waals surface area (Å²) in [6.45, 7) is 4.01. The van der Waals surface area contributed by atoms with Crippen molar-refractivity contribution in [1.29, 1.82) is 0 Å². The number of rotatable bonds is 2. The monoisotopic (exact) mass is 286 g/mol. The molecule has 0 aliphatic carbocycles. The number of hydrogen-bond donors (Lipinski definition) is 1. The number of fused-ring (bicyclic) bond motifs is 1. The summed E-state index contributed by atoms with van der Waals surface area (Å²) in [4.78, 5) is 19.1. The van der Waals surface area contributed by atoms with Gasteiger partial charge in [-0.05, 0) is 51.6 Å². The molecular weight excluding hydrogens is 264 g/mol. The highest BCUT2D eigenvalue weighted by atomic mass is 16.1. The molecule has 21 heavy (non-hydrogen) atoms. The fraction of sp³-hybridized carbons (Fsp3) is 0.500. The number of amides is 1. The van der Waals surface area contributed by atoms with E-state index >= 15 is 0 Å². The van der Waals surface area contributed by atoms with Crippen molar-refractivity contribution >= 4 is 16.9 Å². The van der Waals surface area contributed by atoms with Gasteiger partial charge in [0.05, 0.1) is 11.0 Å². The average Bonchev–Trinajstić information content (AvgIpc) is 2.73. The molecule has 1 saturated heterocycles. The summed E-state index contributed by atoms with van der Waals surface area (Å²) in [5.41, 5.74) is 2.62. The van der Waals surface area contributed by atoms with Crippen LogP contribution >= 0.6 is 0 Å². The van der Waals surface area contributed by atoms with Crippen LogP contribution in [0.25, 0.3) is 11.0 Å². The fourth-order valence-electron chi connectivity index (χ4n) is 3.01. The Balaban J connectivity index is 1.78. The maximum atomic E-state index is 12.4. The topological polar surface area (TPSA) is 50.2 Å². The molecule has 2 aromatic rings. The van der Waals surface area contributed by atoms with Crippen LogP contribution in [0.5, 0.6) is 0 Å². The van der Waals surface area contributed by atoms with Crippen molar-refractivity contribution in [3.63, 3.8) is 0 Å². The first-order chi connectivity index (χ1) is 10.0. The molecule has 112 valence electrons. The van der Waals surface area contributed by atoms with Gasteiger partial charge in [-0.3, -0.25) is 4.79 Å². The first kappa shape index (κ1) is 14.1. The highest BCUT2D eigenvalue weighted by Crippen LogP contribution is 2.17. The molecule has 1 amide bonds. The van der Waals surface area contributed by atoms with Gasteiger partial charge >= 0.3 is 0 Å². The quantitative estimate of drug-likeness (QED) is 0.914. The Bertz CT molecular complexity index is 676. The van der Waals surface area contributed by atoms with Crippen molar-refractivity contribution in [2.75, 3.05) is 20.1 Å². The zero-order valence-corrected chi connectivity index (χ0v) is 12.9. The number of nitrogens with zero attached hydrogens (tertiary/aromatic N) is 3. The molecule has 2 heterocycles. The Morgan fingerprint density at radius 3 is 2.95 bits per heavy atom. The van der Waals surface area contributed by atoms with E-state index in [0.29, 0.717) is 5.56 Å². The number of carbonyl (C=O) groups is 1. The lowest BCUT2D eigenvalue weighted by molar-refractivity contribution is 0.0912. The summed E-state index contributed by atoms with van der Waals surface area (Å²) < 4.78 is 2.03. The average molecular weight is 286 g/mol. The van der Waals surface area contributed by atoms with E-state index in [2.05, 4.69) is 22.2 Å². The van der Waals surface area contributed by atoms with E-state index < -0.39 is 0 Å². The molecule has 5 heteroatoms. The van der Waals surface area contributed by atoms with E-state index in [0.717, 1.165) is 42.8 Å². The van der Waals surface area contributed by atoms with E-state index in [4.69, 9.17) is 0 Å². The van der Waals surface area contributed by atoms with E-state index in [9.17, 15) is 4.79 Å². The van der Waals surface area contributed by atoms with Crippen LogP contribution in [-0.4, -0.2) is 46.5 Å². The smallest absolute Gasteiger partial charge is 0.251 e. The molecule has 3 rings (SSSR count). The lowest BCUT2D eigenvalue weighted by Crippen LogP contribution is -2.46. The van der Waals surface area contributed by atoms with Crippen LogP contribution < -0.4 is 5.32 Å². The lowest BCUT2D eigenvalue weighted by atomic mass is 10.1.